The number of aliphatic hydroxyl groups excluding tert-OH is 1. The molecule has 13 heavy (non-hydrogen) atoms. The van der Waals surface area contributed by atoms with E-state index in [4.69, 9.17) is 0 Å². The van der Waals surface area contributed by atoms with Gasteiger partial charge in [0.25, 0.3) is 0 Å². The van der Waals surface area contributed by atoms with Crippen LogP contribution in [-0.2, 0) is 9.59 Å². The van der Waals surface area contributed by atoms with Crippen molar-refractivity contribution in [2.45, 2.75) is 39.0 Å². The molecule has 0 fully saturated rings. The SMILES string of the molecule is CCCCCC1=C(O)C(=O)CC1=O. The molecule has 0 unspecified atom stereocenters. The Balaban J connectivity index is 2.56. The number of carbonyl (C=O) groups is 2. The summed E-state index contributed by atoms with van der Waals surface area (Å²) in [4.78, 5) is 22.0. The van der Waals surface area contributed by atoms with Crippen LogP contribution in [0, 0.1) is 0 Å². The number of rotatable bonds is 4. The molecule has 0 spiro atoms. The van der Waals surface area contributed by atoms with Gasteiger partial charge in [-0.2, -0.15) is 0 Å². The van der Waals surface area contributed by atoms with E-state index in [2.05, 4.69) is 6.92 Å². The lowest BCUT2D eigenvalue weighted by molar-refractivity contribution is -0.122. The van der Waals surface area contributed by atoms with Gasteiger partial charge in [0.2, 0.25) is 5.78 Å². The first-order valence-electron chi connectivity index (χ1n) is 4.65. The van der Waals surface area contributed by atoms with Crippen molar-refractivity contribution in [2.75, 3.05) is 0 Å². The van der Waals surface area contributed by atoms with Crippen LogP contribution in [0.5, 0.6) is 0 Å². The van der Waals surface area contributed by atoms with Gasteiger partial charge < -0.3 is 5.11 Å². The maximum absolute atomic E-state index is 11.2. The third-order valence-corrected chi connectivity index (χ3v) is 2.24. The molecule has 1 aliphatic carbocycles. The zero-order valence-corrected chi connectivity index (χ0v) is 7.80. The quantitative estimate of drug-likeness (QED) is 0.533. The first kappa shape index (κ1) is 9.96. The Bertz CT molecular complexity index is 263. The van der Waals surface area contributed by atoms with E-state index >= 15 is 0 Å². The monoisotopic (exact) mass is 182 g/mol. The molecule has 0 aromatic carbocycles. The van der Waals surface area contributed by atoms with Gasteiger partial charge in [-0.05, 0) is 12.8 Å². The Labute approximate surface area is 77.4 Å². The van der Waals surface area contributed by atoms with Gasteiger partial charge in [0.15, 0.2) is 11.5 Å². The minimum absolute atomic E-state index is 0.132. The van der Waals surface area contributed by atoms with E-state index in [1.54, 1.807) is 0 Å². The van der Waals surface area contributed by atoms with Crippen molar-refractivity contribution in [2.24, 2.45) is 0 Å². The Hall–Kier alpha value is -1.12. The molecule has 1 rings (SSSR count). The summed E-state index contributed by atoms with van der Waals surface area (Å²) < 4.78 is 0. The topological polar surface area (TPSA) is 54.4 Å². The molecule has 0 saturated heterocycles. The van der Waals surface area contributed by atoms with Crippen LogP contribution >= 0.6 is 0 Å². The fourth-order valence-corrected chi connectivity index (χ4v) is 1.45. The third-order valence-electron chi connectivity index (χ3n) is 2.24. The molecule has 3 heteroatoms. The van der Waals surface area contributed by atoms with Crippen molar-refractivity contribution in [1.29, 1.82) is 0 Å². The van der Waals surface area contributed by atoms with E-state index in [1.165, 1.54) is 0 Å². The number of aliphatic hydroxyl groups is 1. The third kappa shape index (κ3) is 2.17. The maximum Gasteiger partial charge on any atom is 0.205 e. The molecular weight excluding hydrogens is 168 g/mol. The lowest BCUT2D eigenvalue weighted by atomic mass is 10.1. The zero-order valence-electron chi connectivity index (χ0n) is 7.80. The van der Waals surface area contributed by atoms with Crippen molar-refractivity contribution in [3.05, 3.63) is 11.3 Å². The van der Waals surface area contributed by atoms with Crippen molar-refractivity contribution >= 4 is 11.6 Å². The summed E-state index contributed by atoms with van der Waals surface area (Å²) in [7, 11) is 0. The average molecular weight is 182 g/mol. The lowest BCUT2D eigenvalue weighted by Gasteiger charge is -1.98. The van der Waals surface area contributed by atoms with Gasteiger partial charge in [0.1, 0.15) is 0 Å². The molecule has 72 valence electrons. The highest BCUT2D eigenvalue weighted by atomic mass is 16.3. The van der Waals surface area contributed by atoms with E-state index in [1.807, 2.05) is 0 Å². The summed E-state index contributed by atoms with van der Waals surface area (Å²) in [6, 6.07) is 0. The van der Waals surface area contributed by atoms with Crippen LogP contribution in [0.25, 0.3) is 0 Å². The van der Waals surface area contributed by atoms with Crippen LogP contribution in [0.1, 0.15) is 39.0 Å². The molecular formula is C10H14O3. The number of ketones is 2. The van der Waals surface area contributed by atoms with Crippen LogP contribution in [0.15, 0.2) is 11.3 Å². The Morgan fingerprint density at radius 3 is 2.38 bits per heavy atom. The minimum atomic E-state index is -0.420. The molecule has 3 nitrogen and oxygen atoms in total. The molecule has 1 aliphatic rings. The predicted molar refractivity (Wildman–Crippen MR) is 48.4 cm³/mol. The van der Waals surface area contributed by atoms with Gasteiger partial charge in [-0.3, -0.25) is 9.59 Å². The molecule has 0 atom stereocenters. The predicted octanol–water partition coefficient (Wildman–Crippen LogP) is 1.92. The van der Waals surface area contributed by atoms with Crippen LogP contribution in [0.2, 0.25) is 0 Å². The molecule has 0 aromatic rings. The highest BCUT2D eigenvalue weighted by Gasteiger charge is 2.29. The number of hydrogen-bond donors (Lipinski definition) is 1. The first-order valence-corrected chi connectivity index (χ1v) is 4.65. The summed E-state index contributed by atoms with van der Waals surface area (Å²) in [5.74, 6) is -0.906. The van der Waals surface area contributed by atoms with E-state index in [-0.39, 0.29) is 18.0 Å². The highest BCUT2D eigenvalue weighted by Crippen LogP contribution is 2.22. The normalized spacial score (nSPS) is 17.3. The van der Waals surface area contributed by atoms with Crippen LogP contribution in [-0.4, -0.2) is 16.7 Å². The van der Waals surface area contributed by atoms with E-state index in [0.717, 1.165) is 19.3 Å². The fraction of sp³-hybridized carbons (Fsp3) is 0.600. The second-order valence-electron chi connectivity index (χ2n) is 3.31. The first-order chi connectivity index (χ1) is 6.16. The van der Waals surface area contributed by atoms with Crippen molar-refractivity contribution < 1.29 is 14.7 Å². The van der Waals surface area contributed by atoms with Gasteiger partial charge in [0, 0.05) is 5.57 Å². The summed E-state index contributed by atoms with van der Waals surface area (Å²) in [5, 5.41) is 9.24. The van der Waals surface area contributed by atoms with Crippen molar-refractivity contribution in [3.8, 4) is 0 Å². The van der Waals surface area contributed by atoms with Gasteiger partial charge in [-0.15, -0.1) is 0 Å². The van der Waals surface area contributed by atoms with E-state index < -0.39 is 5.78 Å². The Kier molecular flexibility index (Phi) is 3.23. The van der Waals surface area contributed by atoms with Crippen LogP contribution in [0.4, 0.5) is 0 Å². The molecule has 0 aromatic heterocycles. The summed E-state index contributed by atoms with van der Waals surface area (Å²) in [6.07, 6.45) is 3.38. The maximum atomic E-state index is 11.2. The summed E-state index contributed by atoms with van der Waals surface area (Å²) in [5.41, 5.74) is 0.346. The second kappa shape index (κ2) is 4.21. The molecule has 0 bridgehead atoms. The Morgan fingerprint density at radius 2 is 1.92 bits per heavy atom. The second-order valence-corrected chi connectivity index (χ2v) is 3.31. The largest absolute Gasteiger partial charge is 0.504 e. The van der Waals surface area contributed by atoms with Crippen LogP contribution in [0.3, 0.4) is 0 Å². The number of unbranched alkanes of at least 4 members (excludes halogenated alkanes) is 2. The fourth-order valence-electron chi connectivity index (χ4n) is 1.45. The lowest BCUT2D eigenvalue weighted by Crippen LogP contribution is -1.97. The smallest absolute Gasteiger partial charge is 0.205 e. The minimum Gasteiger partial charge on any atom is -0.504 e. The molecule has 1 N–H and O–H groups in total. The summed E-state index contributed by atoms with van der Waals surface area (Å²) >= 11 is 0. The van der Waals surface area contributed by atoms with Gasteiger partial charge in [-0.25, -0.2) is 0 Å². The molecule has 0 radical (unpaired) electrons. The standard InChI is InChI=1S/C10H14O3/c1-2-3-4-5-7-8(11)6-9(12)10(7)13/h13H,2-6H2,1H3. The van der Waals surface area contributed by atoms with Gasteiger partial charge in [-0.1, -0.05) is 19.8 Å². The van der Waals surface area contributed by atoms with Gasteiger partial charge >= 0.3 is 0 Å². The molecule has 0 amide bonds. The van der Waals surface area contributed by atoms with Crippen molar-refractivity contribution in [1.82, 2.24) is 0 Å². The van der Waals surface area contributed by atoms with Crippen LogP contribution < -0.4 is 0 Å². The van der Waals surface area contributed by atoms with E-state index in [0.29, 0.717) is 12.0 Å². The number of hydrogen-bond acceptors (Lipinski definition) is 3. The average Bonchev–Trinajstić information content (AvgIpc) is 2.32. The molecule has 0 heterocycles. The number of allylic oxidation sites excluding steroid dienone is 2. The van der Waals surface area contributed by atoms with Gasteiger partial charge in [0.05, 0.1) is 6.42 Å². The summed E-state index contributed by atoms with van der Waals surface area (Å²) in [6.45, 7) is 2.07. The zero-order chi connectivity index (χ0) is 9.84. The molecule has 0 saturated carbocycles. The Morgan fingerprint density at radius 1 is 1.23 bits per heavy atom. The van der Waals surface area contributed by atoms with Crippen molar-refractivity contribution in [3.63, 3.8) is 0 Å². The molecule has 0 aliphatic heterocycles. The number of Topliss-reactive ketones (excluding diaryl/α,β-unsaturated/α-hetero) is 2. The number of carbonyl (C=O) groups excluding carboxylic acids is 2. The highest BCUT2D eigenvalue weighted by molar-refractivity contribution is 6.21. The van der Waals surface area contributed by atoms with E-state index in [9.17, 15) is 14.7 Å².